The van der Waals surface area contributed by atoms with Crippen molar-refractivity contribution >= 4 is 7.81 Å². The van der Waals surface area contributed by atoms with E-state index in [1.165, 1.54) is 0 Å². The van der Waals surface area contributed by atoms with Gasteiger partial charge in [0.2, 0.25) is 0 Å². The largest absolute Gasteiger partial charge is 1.00 e. The molecule has 0 atom stereocenters. The van der Waals surface area contributed by atoms with Crippen molar-refractivity contribution in [3.8, 4) is 0 Å². The van der Waals surface area contributed by atoms with Crippen LogP contribution in [0, 0.1) is 0 Å². The van der Waals surface area contributed by atoms with Gasteiger partial charge in [0, 0.05) is 0 Å². The van der Waals surface area contributed by atoms with Crippen LogP contribution in [0.5, 0.6) is 0 Å². The van der Waals surface area contributed by atoms with Crippen LogP contribution in [0.3, 0.4) is 0 Å². The molecule has 0 rings (SSSR count). The van der Waals surface area contributed by atoms with Crippen molar-refractivity contribution in [2.24, 2.45) is 0 Å². The summed E-state index contributed by atoms with van der Waals surface area (Å²) < 4.78 is 59.2. The third kappa shape index (κ3) is 475. The predicted molar refractivity (Wildman–Crippen MR) is 13.6 cm³/mol. The number of halogens is 6. The summed E-state index contributed by atoms with van der Waals surface area (Å²) in [6.07, 6.45) is 0. The van der Waals surface area contributed by atoms with Crippen molar-refractivity contribution < 1.29 is 45.6 Å². The van der Waals surface area contributed by atoms with Crippen LogP contribution in [0.4, 0.5) is 25.2 Å². The van der Waals surface area contributed by atoms with Crippen molar-refractivity contribution in [1.29, 1.82) is 0 Å². The second-order valence-electron chi connectivity index (χ2n) is 0.958. The molecule has 0 spiro atoms. The average Bonchev–Trinajstić information content (AvgIpc) is 0.592. The quantitative estimate of drug-likeness (QED) is 0.472. The molecular weight excluding hydrogens is 331 g/mol. The summed E-state index contributed by atoms with van der Waals surface area (Å²) in [7, 11) is -10.7. The fourth-order valence-electron chi connectivity index (χ4n) is 0. The van der Waals surface area contributed by atoms with Crippen molar-refractivity contribution in [2.45, 2.75) is 0 Å². The smallest absolute Gasteiger partial charge is 1.00 e. The van der Waals surface area contributed by atoms with Crippen LogP contribution in [0.25, 0.3) is 0 Å². The number of rotatable bonds is 0. The molecule has 0 bridgehead atoms. The van der Waals surface area contributed by atoms with E-state index in [-0.39, 0.29) is 20.4 Å². The molecule has 0 aliphatic rings. The van der Waals surface area contributed by atoms with Crippen molar-refractivity contribution in [2.75, 3.05) is 0 Å². The van der Waals surface area contributed by atoms with E-state index in [4.69, 9.17) is 0 Å². The Hall–Kier alpha value is 0.672. The molecule has 0 radical (unpaired) electrons. The molecule has 0 saturated carbocycles. The average molecular weight is 331 g/mol. The molecule has 0 aliphatic carbocycles. The van der Waals surface area contributed by atoms with E-state index in [1.807, 2.05) is 0 Å². The van der Waals surface area contributed by atoms with Crippen LogP contribution in [-0.4, -0.2) is 0 Å². The predicted octanol–water partition coefficient (Wildman–Crippen LogP) is 3.38. The first-order valence-corrected chi connectivity index (χ1v) is 3.04. The van der Waals surface area contributed by atoms with Crippen LogP contribution in [0.1, 0.15) is 0 Å². The summed E-state index contributed by atoms with van der Waals surface area (Å²) in [6.45, 7) is 0. The zero-order valence-corrected chi connectivity index (χ0v) is 6.70. The Labute approximate surface area is 54.1 Å². The fourth-order valence-corrected chi connectivity index (χ4v) is 0. The van der Waals surface area contributed by atoms with E-state index in [0.717, 1.165) is 0 Å². The first-order valence-electron chi connectivity index (χ1n) is 1.01. The Morgan fingerprint density at radius 2 is 0.625 bits per heavy atom. The molecular formula is F6PRe. The maximum atomic E-state index is 9.87. The molecule has 0 N–H and O–H groups in total. The van der Waals surface area contributed by atoms with E-state index in [0.29, 0.717) is 0 Å². The first-order chi connectivity index (χ1) is 2.45. The molecule has 8 heavy (non-hydrogen) atoms. The van der Waals surface area contributed by atoms with Crippen LogP contribution in [0.15, 0.2) is 0 Å². The van der Waals surface area contributed by atoms with Gasteiger partial charge in [-0.3, -0.25) is 0 Å². The second-order valence-corrected chi connectivity index (χ2v) is 2.87. The van der Waals surface area contributed by atoms with E-state index in [9.17, 15) is 25.2 Å². The maximum Gasteiger partial charge on any atom is 1.00 e. The second kappa shape index (κ2) is 1.39. The molecule has 0 aromatic rings. The normalized spacial score (nSPS) is 20.2. The fraction of sp³-hybridized carbons (Fsp3) is 0. The van der Waals surface area contributed by atoms with Gasteiger partial charge < -0.3 is 0 Å². The monoisotopic (exact) mass is 332 g/mol. The minimum absolute atomic E-state index is 0. The molecule has 0 aliphatic heterocycles. The summed E-state index contributed by atoms with van der Waals surface area (Å²) in [4.78, 5) is 0. The zero-order valence-electron chi connectivity index (χ0n) is 3.09. The molecule has 54 valence electrons. The van der Waals surface area contributed by atoms with Crippen molar-refractivity contribution in [1.82, 2.24) is 0 Å². The Bertz CT molecular complexity index is 67.1. The van der Waals surface area contributed by atoms with Gasteiger partial charge in [-0.2, -0.15) is 0 Å². The Balaban J connectivity index is 0. The maximum absolute atomic E-state index is 10.7. The minimum Gasteiger partial charge on any atom is 1.00 e. The summed E-state index contributed by atoms with van der Waals surface area (Å²) in [5.41, 5.74) is 0. The summed E-state index contributed by atoms with van der Waals surface area (Å²) in [5.74, 6) is 0. The van der Waals surface area contributed by atoms with E-state index in [2.05, 4.69) is 0 Å². The van der Waals surface area contributed by atoms with Crippen molar-refractivity contribution in [3.63, 3.8) is 0 Å². The van der Waals surface area contributed by atoms with Gasteiger partial charge in [0.15, 0.2) is 0 Å². The Kier molecular flexibility index (Phi) is 1.99. The summed E-state index contributed by atoms with van der Waals surface area (Å²) in [5, 5.41) is 0. The number of hydrogen-bond donors (Lipinski definition) is 0. The molecule has 0 heterocycles. The Morgan fingerprint density at radius 1 is 0.625 bits per heavy atom. The standard InChI is InChI=1S/F6P.Re/c1-7(2,3,4,5)6;/q-1;+1. The van der Waals surface area contributed by atoms with Gasteiger partial charge in [0.05, 0.1) is 0 Å². The molecule has 0 nitrogen and oxygen atoms in total. The van der Waals surface area contributed by atoms with Crippen molar-refractivity contribution in [3.05, 3.63) is 0 Å². The molecule has 0 fully saturated rings. The molecule has 0 saturated heterocycles. The van der Waals surface area contributed by atoms with Crippen LogP contribution >= 0.6 is 7.81 Å². The van der Waals surface area contributed by atoms with Crippen LogP contribution in [0.2, 0.25) is 0 Å². The van der Waals surface area contributed by atoms with Gasteiger partial charge in [0.1, 0.15) is 0 Å². The number of hydrogen-bond acceptors (Lipinski definition) is 0. The molecule has 0 amide bonds. The van der Waals surface area contributed by atoms with Gasteiger partial charge in [-0.05, 0) is 0 Å². The van der Waals surface area contributed by atoms with Gasteiger partial charge in [-0.1, -0.05) is 0 Å². The third-order valence-corrected chi connectivity index (χ3v) is 0. The van der Waals surface area contributed by atoms with Crippen LogP contribution in [-0.2, 0) is 20.4 Å². The van der Waals surface area contributed by atoms with E-state index < -0.39 is 7.81 Å². The molecule has 8 heteroatoms. The summed E-state index contributed by atoms with van der Waals surface area (Å²) >= 11 is 0. The SMILES string of the molecule is F[P-](F)(F)(F)(F)F.[Re+]. The topological polar surface area (TPSA) is 0 Å². The summed E-state index contributed by atoms with van der Waals surface area (Å²) in [6, 6.07) is 0. The molecule has 0 aromatic carbocycles. The Morgan fingerprint density at radius 3 is 0.625 bits per heavy atom. The van der Waals surface area contributed by atoms with E-state index in [1.54, 1.807) is 0 Å². The van der Waals surface area contributed by atoms with Gasteiger partial charge in [0.25, 0.3) is 0 Å². The third-order valence-electron chi connectivity index (χ3n) is 0. The van der Waals surface area contributed by atoms with Gasteiger partial charge in [-0.25, -0.2) is 0 Å². The van der Waals surface area contributed by atoms with Gasteiger partial charge in [-0.15, -0.1) is 0 Å². The van der Waals surface area contributed by atoms with E-state index >= 15 is 0 Å². The van der Waals surface area contributed by atoms with Gasteiger partial charge >= 0.3 is 53.4 Å². The minimum atomic E-state index is -10.7. The van der Waals surface area contributed by atoms with Crippen LogP contribution < -0.4 is 0 Å². The zero-order chi connectivity index (χ0) is 6.41. The molecule has 0 aromatic heterocycles. The first kappa shape index (κ1) is 11.5. The molecule has 0 unspecified atom stereocenters.